The van der Waals surface area contributed by atoms with Gasteiger partial charge in [0.05, 0.1) is 5.92 Å². The minimum absolute atomic E-state index is 0.454. The number of ether oxygens (including phenoxy) is 1. The van der Waals surface area contributed by atoms with E-state index in [4.69, 9.17) is 10.5 Å². The van der Waals surface area contributed by atoms with Gasteiger partial charge in [-0.1, -0.05) is 6.08 Å². The normalized spacial score (nSPS) is 15.5. The summed E-state index contributed by atoms with van der Waals surface area (Å²) in [6.07, 6.45) is 1.58. The van der Waals surface area contributed by atoms with Gasteiger partial charge >= 0.3 is 5.97 Å². The molecule has 4 heteroatoms. The first-order valence-corrected chi connectivity index (χ1v) is 5.05. The first kappa shape index (κ1) is 14.1. The van der Waals surface area contributed by atoms with E-state index in [1.807, 2.05) is 0 Å². The lowest BCUT2D eigenvalue weighted by Crippen LogP contribution is -2.39. The number of rotatable bonds is 5. The van der Waals surface area contributed by atoms with Crippen molar-refractivity contribution in [3.63, 3.8) is 0 Å². The minimum Gasteiger partial charge on any atom is -0.460 e. The van der Waals surface area contributed by atoms with Crippen LogP contribution < -0.4 is 5.73 Å². The molecular weight excluding hydrogens is 194 g/mol. The molecule has 4 nitrogen and oxygen atoms in total. The molecule has 15 heavy (non-hydrogen) atoms. The molecular formula is C11H21NO3. The Morgan fingerprint density at radius 2 is 2.13 bits per heavy atom. The molecule has 0 aromatic heterocycles. The summed E-state index contributed by atoms with van der Waals surface area (Å²) < 4.78 is 5.14. The Bertz CT molecular complexity index is 218. The largest absolute Gasteiger partial charge is 0.460 e. The van der Waals surface area contributed by atoms with Crippen LogP contribution in [0.5, 0.6) is 0 Å². The topological polar surface area (TPSA) is 72.5 Å². The highest BCUT2D eigenvalue weighted by molar-refractivity contribution is 5.73. The number of carbonyl (C=O) groups excluding carboxylic acids is 1. The van der Waals surface area contributed by atoms with Crippen LogP contribution in [-0.2, 0) is 9.53 Å². The second kappa shape index (κ2) is 5.88. The van der Waals surface area contributed by atoms with E-state index in [-0.39, 0.29) is 0 Å². The molecule has 0 aromatic rings. The number of carbonyl (C=O) groups is 1. The molecule has 2 unspecified atom stereocenters. The monoisotopic (exact) mass is 215 g/mol. The van der Waals surface area contributed by atoms with Crippen LogP contribution in [0.25, 0.3) is 0 Å². The lowest BCUT2D eigenvalue weighted by atomic mass is 10.0. The summed E-state index contributed by atoms with van der Waals surface area (Å²) in [5.41, 5.74) is 4.76. The summed E-state index contributed by atoms with van der Waals surface area (Å²) >= 11 is 0. The van der Waals surface area contributed by atoms with Crippen molar-refractivity contribution in [2.24, 2.45) is 11.7 Å². The summed E-state index contributed by atoms with van der Waals surface area (Å²) in [5.74, 6) is -1.14. The Morgan fingerprint density at radius 3 is 2.47 bits per heavy atom. The molecule has 2 atom stereocenters. The van der Waals surface area contributed by atoms with Crippen LogP contribution in [-0.4, -0.2) is 22.9 Å². The van der Waals surface area contributed by atoms with Crippen LogP contribution in [0.3, 0.4) is 0 Å². The van der Waals surface area contributed by atoms with Gasteiger partial charge in [-0.25, -0.2) is 0 Å². The molecule has 3 N–H and O–H groups in total. The highest BCUT2D eigenvalue weighted by Gasteiger charge is 2.28. The van der Waals surface area contributed by atoms with Gasteiger partial charge in [-0.05, 0) is 33.6 Å². The molecule has 88 valence electrons. The van der Waals surface area contributed by atoms with Gasteiger partial charge in [0.15, 0.2) is 0 Å². The average molecular weight is 215 g/mol. The third-order valence-electron chi connectivity index (χ3n) is 1.80. The van der Waals surface area contributed by atoms with Crippen molar-refractivity contribution >= 4 is 5.97 Å². The van der Waals surface area contributed by atoms with Gasteiger partial charge in [-0.3, -0.25) is 4.79 Å². The Kier molecular flexibility index (Phi) is 5.54. The van der Waals surface area contributed by atoms with Crippen LogP contribution in [0, 0.1) is 5.92 Å². The van der Waals surface area contributed by atoms with Gasteiger partial charge in [0.2, 0.25) is 0 Å². The number of aliphatic hydroxyl groups excluding tert-OH is 1. The fraction of sp³-hybridized carbons (Fsp3) is 0.727. The molecule has 0 saturated carbocycles. The molecule has 0 fully saturated rings. The van der Waals surface area contributed by atoms with Gasteiger partial charge in [-0.2, -0.15) is 0 Å². The van der Waals surface area contributed by atoms with Crippen LogP contribution in [0.15, 0.2) is 12.7 Å². The minimum atomic E-state index is -1.18. The standard InChI is InChI=1S/C11H21NO3/c1-5-6-7-8(9(12)13)10(14)15-11(2,3)4/h5,8-9,13H,1,6-7,12H2,2-4H3. The highest BCUT2D eigenvalue weighted by atomic mass is 16.6. The zero-order valence-electron chi connectivity index (χ0n) is 9.69. The molecule has 0 aliphatic rings. The van der Waals surface area contributed by atoms with Crippen LogP contribution in [0.4, 0.5) is 0 Å². The Morgan fingerprint density at radius 1 is 1.60 bits per heavy atom. The van der Waals surface area contributed by atoms with Gasteiger partial charge in [0.1, 0.15) is 11.8 Å². The molecule has 0 spiro atoms. The number of esters is 1. The lowest BCUT2D eigenvalue weighted by molar-refractivity contribution is -0.164. The van der Waals surface area contributed by atoms with Crippen molar-refractivity contribution < 1.29 is 14.6 Å². The van der Waals surface area contributed by atoms with Crippen molar-refractivity contribution in [3.8, 4) is 0 Å². The van der Waals surface area contributed by atoms with Crippen molar-refractivity contribution in [1.29, 1.82) is 0 Å². The molecule has 0 amide bonds. The molecule has 0 aliphatic heterocycles. The number of aliphatic hydroxyl groups is 1. The maximum absolute atomic E-state index is 11.6. The molecule has 0 heterocycles. The quantitative estimate of drug-likeness (QED) is 0.410. The van der Waals surface area contributed by atoms with Gasteiger partial charge in [0, 0.05) is 0 Å². The number of allylic oxidation sites excluding steroid dienone is 1. The molecule has 0 aromatic carbocycles. The summed E-state index contributed by atoms with van der Waals surface area (Å²) in [6.45, 7) is 8.88. The van der Waals surface area contributed by atoms with E-state index in [2.05, 4.69) is 6.58 Å². The molecule has 0 saturated heterocycles. The predicted molar refractivity (Wildman–Crippen MR) is 59.0 cm³/mol. The summed E-state index contributed by atoms with van der Waals surface area (Å²) in [6, 6.07) is 0. The zero-order valence-corrected chi connectivity index (χ0v) is 9.69. The third kappa shape index (κ3) is 6.25. The van der Waals surface area contributed by atoms with E-state index in [1.165, 1.54) is 0 Å². The van der Waals surface area contributed by atoms with Crippen molar-refractivity contribution in [3.05, 3.63) is 12.7 Å². The Labute approximate surface area is 91.1 Å². The number of hydrogen-bond donors (Lipinski definition) is 2. The number of hydrogen-bond acceptors (Lipinski definition) is 4. The second-order valence-corrected chi connectivity index (χ2v) is 4.50. The van der Waals surface area contributed by atoms with Crippen molar-refractivity contribution in [1.82, 2.24) is 0 Å². The van der Waals surface area contributed by atoms with E-state index in [9.17, 15) is 9.90 Å². The molecule has 0 radical (unpaired) electrons. The fourth-order valence-electron chi connectivity index (χ4n) is 1.10. The van der Waals surface area contributed by atoms with E-state index in [1.54, 1.807) is 26.8 Å². The van der Waals surface area contributed by atoms with Gasteiger partial charge < -0.3 is 15.6 Å². The van der Waals surface area contributed by atoms with Crippen LogP contribution in [0.1, 0.15) is 33.6 Å². The highest BCUT2D eigenvalue weighted by Crippen LogP contribution is 2.16. The summed E-state index contributed by atoms with van der Waals surface area (Å²) in [5, 5.41) is 9.25. The van der Waals surface area contributed by atoms with E-state index in [0.29, 0.717) is 12.8 Å². The van der Waals surface area contributed by atoms with E-state index >= 15 is 0 Å². The SMILES string of the molecule is C=CCCC(C(=O)OC(C)(C)C)C(N)O. The maximum Gasteiger partial charge on any atom is 0.313 e. The van der Waals surface area contributed by atoms with Crippen molar-refractivity contribution in [2.45, 2.75) is 45.4 Å². The van der Waals surface area contributed by atoms with Gasteiger partial charge in [-0.15, -0.1) is 6.58 Å². The smallest absolute Gasteiger partial charge is 0.313 e. The second-order valence-electron chi connectivity index (χ2n) is 4.50. The lowest BCUT2D eigenvalue weighted by Gasteiger charge is -2.24. The van der Waals surface area contributed by atoms with Crippen LogP contribution >= 0.6 is 0 Å². The van der Waals surface area contributed by atoms with Crippen LogP contribution in [0.2, 0.25) is 0 Å². The van der Waals surface area contributed by atoms with Gasteiger partial charge in [0.25, 0.3) is 0 Å². The third-order valence-corrected chi connectivity index (χ3v) is 1.80. The maximum atomic E-state index is 11.6. The first-order chi connectivity index (χ1) is 6.78. The Balaban J connectivity index is 4.35. The van der Waals surface area contributed by atoms with Crippen molar-refractivity contribution in [2.75, 3.05) is 0 Å². The first-order valence-electron chi connectivity index (χ1n) is 5.05. The zero-order chi connectivity index (χ0) is 12.1. The fourth-order valence-corrected chi connectivity index (χ4v) is 1.10. The predicted octanol–water partition coefficient (Wildman–Crippen LogP) is 1.19. The van der Waals surface area contributed by atoms with E-state index in [0.717, 1.165) is 0 Å². The average Bonchev–Trinajstić information content (AvgIpc) is 2.00. The summed E-state index contributed by atoms with van der Waals surface area (Å²) in [4.78, 5) is 11.6. The molecule has 0 aliphatic carbocycles. The van der Waals surface area contributed by atoms with E-state index < -0.39 is 23.7 Å². The summed E-state index contributed by atoms with van der Waals surface area (Å²) in [7, 11) is 0. The molecule has 0 bridgehead atoms. The number of nitrogens with two attached hydrogens (primary N) is 1. The Hall–Kier alpha value is -0.870. The molecule has 0 rings (SSSR count).